The average Bonchev–Trinajstić information content (AvgIpc) is 2.11. The smallest absolute Gasteiger partial charge is 0.333 e. The number of rotatable bonds is 6. The van der Waals surface area contributed by atoms with E-state index in [4.69, 9.17) is 4.74 Å². The van der Waals surface area contributed by atoms with Crippen LogP contribution in [-0.4, -0.2) is 26.9 Å². The van der Waals surface area contributed by atoms with E-state index in [0.717, 1.165) is 12.5 Å². The van der Waals surface area contributed by atoms with E-state index in [1.165, 1.54) is 0 Å². The van der Waals surface area contributed by atoms with Crippen LogP contribution in [0.2, 0.25) is 19.1 Å². The molecule has 0 radical (unpaired) electrons. The van der Waals surface area contributed by atoms with Crippen molar-refractivity contribution in [1.82, 2.24) is 0 Å². The summed E-state index contributed by atoms with van der Waals surface area (Å²) in [6.45, 7) is 9.38. The standard InChI is InChI=1S/C10H17NO3Si/c1-9(2)10(13)14-6-5-7-15(3,4)11-8-12/h1,5-7H2,2-4H3. The van der Waals surface area contributed by atoms with E-state index in [1.807, 2.05) is 13.1 Å². The van der Waals surface area contributed by atoms with Crippen LogP contribution in [0.25, 0.3) is 0 Å². The summed E-state index contributed by atoms with van der Waals surface area (Å²) in [5, 5.41) is 0. The Bertz CT molecular complexity index is 293. The SMILES string of the molecule is C=C(C)C(=O)OCCC[Si](C)(C)N=C=O. The Labute approximate surface area is 91.1 Å². The number of nitrogens with zero attached hydrogens (tertiary/aromatic N) is 1. The van der Waals surface area contributed by atoms with Gasteiger partial charge in [0.2, 0.25) is 6.08 Å². The first-order valence-corrected chi connectivity index (χ1v) is 7.96. The number of esters is 1. The first-order chi connectivity index (χ1) is 6.89. The van der Waals surface area contributed by atoms with Gasteiger partial charge >= 0.3 is 5.97 Å². The predicted octanol–water partition coefficient (Wildman–Crippen LogP) is 2.04. The second-order valence-corrected chi connectivity index (χ2v) is 8.38. The molecule has 0 aliphatic heterocycles. The number of carbonyl (C=O) groups is 1. The fourth-order valence-electron chi connectivity index (χ4n) is 0.972. The molecule has 0 bridgehead atoms. The van der Waals surface area contributed by atoms with Crippen molar-refractivity contribution in [3.05, 3.63) is 12.2 Å². The molecule has 0 spiro atoms. The molecule has 0 atom stereocenters. The van der Waals surface area contributed by atoms with Crippen LogP contribution in [0.3, 0.4) is 0 Å². The summed E-state index contributed by atoms with van der Waals surface area (Å²) in [7, 11) is -1.81. The summed E-state index contributed by atoms with van der Waals surface area (Å²) in [6.07, 6.45) is 2.32. The molecule has 0 fully saturated rings. The van der Waals surface area contributed by atoms with Gasteiger partial charge in [0.05, 0.1) is 6.61 Å². The van der Waals surface area contributed by atoms with E-state index in [0.29, 0.717) is 12.2 Å². The third-order valence-corrected chi connectivity index (χ3v) is 4.14. The molecule has 0 saturated heterocycles. The Morgan fingerprint density at radius 2 is 2.13 bits per heavy atom. The lowest BCUT2D eigenvalue weighted by atomic mass is 10.4. The number of isocyanates is 1. The molecule has 0 amide bonds. The van der Waals surface area contributed by atoms with Gasteiger partial charge in [0, 0.05) is 5.57 Å². The van der Waals surface area contributed by atoms with Crippen molar-refractivity contribution in [3.63, 3.8) is 0 Å². The van der Waals surface area contributed by atoms with Gasteiger partial charge in [-0.15, -0.1) is 0 Å². The highest BCUT2D eigenvalue weighted by molar-refractivity contribution is 6.76. The predicted molar refractivity (Wildman–Crippen MR) is 60.8 cm³/mol. The van der Waals surface area contributed by atoms with E-state index in [1.54, 1.807) is 13.0 Å². The van der Waals surface area contributed by atoms with Crippen molar-refractivity contribution in [1.29, 1.82) is 0 Å². The Hall–Kier alpha value is -1.19. The average molecular weight is 227 g/mol. The van der Waals surface area contributed by atoms with Crippen LogP contribution in [0.5, 0.6) is 0 Å². The molecular weight excluding hydrogens is 210 g/mol. The van der Waals surface area contributed by atoms with Crippen molar-refractivity contribution >= 4 is 20.3 Å². The Kier molecular flexibility index (Phi) is 5.82. The van der Waals surface area contributed by atoms with Gasteiger partial charge in [0.15, 0.2) is 8.24 Å². The monoisotopic (exact) mass is 227 g/mol. The van der Waals surface area contributed by atoms with Gasteiger partial charge in [-0.25, -0.2) is 14.2 Å². The largest absolute Gasteiger partial charge is 0.462 e. The van der Waals surface area contributed by atoms with Gasteiger partial charge in [-0.2, -0.15) is 0 Å². The van der Waals surface area contributed by atoms with E-state index in [9.17, 15) is 9.59 Å². The molecule has 0 saturated carbocycles. The quantitative estimate of drug-likeness (QED) is 0.174. The van der Waals surface area contributed by atoms with Crippen LogP contribution in [-0.2, 0) is 14.3 Å². The van der Waals surface area contributed by atoms with E-state index in [2.05, 4.69) is 11.2 Å². The zero-order chi connectivity index (χ0) is 11.9. The highest BCUT2D eigenvalue weighted by Crippen LogP contribution is 2.12. The maximum absolute atomic E-state index is 11.0. The molecule has 0 heterocycles. The van der Waals surface area contributed by atoms with Crippen molar-refractivity contribution in [3.8, 4) is 0 Å². The number of carbonyl (C=O) groups excluding carboxylic acids is 2. The Morgan fingerprint density at radius 3 is 2.60 bits per heavy atom. The van der Waals surface area contributed by atoms with Crippen LogP contribution in [0.4, 0.5) is 0 Å². The summed E-state index contributed by atoms with van der Waals surface area (Å²) in [4.78, 5) is 21.1. The molecule has 4 nitrogen and oxygen atoms in total. The topological polar surface area (TPSA) is 55.7 Å². The van der Waals surface area contributed by atoms with Gasteiger partial charge in [0.25, 0.3) is 0 Å². The summed E-state index contributed by atoms with van der Waals surface area (Å²) in [6, 6.07) is 0.811. The first kappa shape index (κ1) is 13.8. The van der Waals surface area contributed by atoms with Crippen LogP contribution in [0.1, 0.15) is 13.3 Å². The zero-order valence-corrected chi connectivity index (χ0v) is 10.5. The first-order valence-electron chi connectivity index (χ1n) is 4.81. The van der Waals surface area contributed by atoms with Crippen LogP contribution < -0.4 is 0 Å². The molecule has 0 aromatic heterocycles. The normalized spacial score (nSPS) is 10.3. The van der Waals surface area contributed by atoms with Gasteiger partial charge in [-0.3, -0.25) is 0 Å². The minimum atomic E-state index is -1.81. The van der Waals surface area contributed by atoms with Crippen LogP contribution in [0, 0.1) is 0 Å². The molecule has 84 valence electrons. The van der Waals surface area contributed by atoms with Gasteiger partial charge < -0.3 is 4.74 Å². The van der Waals surface area contributed by atoms with E-state index >= 15 is 0 Å². The summed E-state index contributed by atoms with van der Waals surface area (Å²) in [5.41, 5.74) is 0.400. The molecule has 5 heteroatoms. The Morgan fingerprint density at radius 1 is 1.53 bits per heavy atom. The summed E-state index contributed by atoms with van der Waals surface area (Å²) >= 11 is 0. The fourth-order valence-corrected chi connectivity index (χ4v) is 2.34. The lowest BCUT2D eigenvalue weighted by Crippen LogP contribution is -2.23. The summed E-state index contributed by atoms with van der Waals surface area (Å²) < 4.78 is 8.70. The third-order valence-electron chi connectivity index (χ3n) is 1.86. The lowest BCUT2D eigenvalue weighted by Gasteiger charge is -2.13. The van der Waals surface area contributed by atoms with Crippen molar-refractivity contribution in [2.24, 2.45) is 4.66 Å². The van der Waals surface area contributed by atoms with E-state index in [-0.39, 0.29) is 5.97 Å². The third kappa shape index (κ3) is 6.82. The van der Waals surface area contributed by atoms with E-state index < -0.39 is 8.24 Å². The minimum Gasteiger partial charge on any atom is -0.462 e. The lowest BCUT2D eigenvalue weighted by molar-refractivity contribution is -0.138. The molecule has 0 N–H and O–H groups in total. The maximum Gasteiger partial charge on any atom is 0.333 e. The van der Waals surface area contributed by atoms with Crippen molar-refractivity contribution < 1.29 is 14.3 Å². The van der Waals surface area contributed by atoms with Crippen molar-refractivity contribution in [2.75, 3.05) is 6.61 Å². The molecule has 0 rings (SSSR count). The number of hydrogen-bond acceptors (Lipinski definition) is 4. The minimum absolute atomic E-state index is 0.358. The molecule has 0 aliphatic rings. The Balaban J connectivity index is 3.76. The summed E-state index contributed by atoms with van der Waals surface area (Å²) in [5.74, 6) is -0.367. The molecule has 15 heavy (non-hydrogen) atoms. The van der Waals surface area contributed by atoms with Crippen LogP contribution >= 0.6 is 0 Å². The molecule has 0 aromatic rings. The molecule has 0 aromatic carbocycles. The van der Waals surface area contributed by atoms with Gasteiger partial charge in [-0.1, -0.05) is 6.58 Å². The molecular formula is C10H17NO3Si. The molecule has 0 aliphatic carbocycles. The second-order valence-electron chi connectivity index (χ2n) is 4.04. The number of hydrogen-bond donors (Lipinski definition) is 0. The maximum atomic E-state index is 11.0. The highest BCUT2D eigenvalue weighted by Gasteiger charge is 2.19. The second kappa shape index (κ2) is 6.32. The fraction of sp³-hybridized carbons (Fsp3) is 0.600. The number of ether oxygens (including phenoxy) is 1. The van der Waals surface area contributed by atoms with Crippen molar-refractivity contribution in [2.45, 2.75) is 32.5 Å². The highest BCUT2D eigenvalue weighted by atomic mass is 28.3. The van der Waals surface area contributed by atoms with Gasteiger partial charge in [-0.05, 0) is 32.5 Å². The zero-order valence-electron chi connectivity index (χ0n) is 9.50. The van der Waals surface area contributed by atoms with Gasteiger partial charge in [0.1, 0.15) is 0 Å². The van der Waals surface area contributed by atoms with Crippen LogP contribution in [0.15, 0.2) is 16.8 Å². The molecule has 0 unspecified atom stereocenters.